The van der Waals surface area contributed by atoms with Crippen molar-refractivity contribution in [2.75, 3.05) is 18.1 Å². The summed E-state index contributed by atoms with van der Waals surface area (Å²) in [7, 11) is 0. The number of aromatic nitrogens is 1. The monoisotopic (exact) mass is 422 g/mol. The van der Waals surface area contributed by atoms with Crippen LogP contribution >= 0.6 is 23.5 Å². The predicted molar refractivity (Wildman–Crippen MR) is 108 cm³/mol. The third kappa shape index (κ3) is 4.27. The Morgan fingerprint density at radius 3 is 2.89 bits per heavy atom. The van der Waals surface area contributed by atoms with E-state index in [2.05, 4.69) is 15.6 Å². The van der Waals surface area contributed by atoms with Crippen molar-refractivity contribution in [1.29, 1.82) is 0 Å². The minimum atomic E-state index is -1.12. The molecule has 1 aromatic heterocycles. The maximum Gasteiger partial charge on any atom is 0.352 e. The van der Waals surface area contributed by atoms with Gasteiger partial charge in [-0.2, -0.15) is 0 Å². The van der Waals surface area contributed by atoms with Crippen LogP contribution in [-0.4, -0.2) is 62.4 Å². The summed E-state index contributed by atoms with van der Waals surface area (Å²) in [5, 5.41) is 15.4. The van der Waals surface area contributed by atoms with Gasteiger partial charge in [0.05, 0.1) is 5.03 Å². The maximum atomic E-state index is 12.5. The Hall–Kier alpha value is -2.20. The molecular formula is C18H22N4O4S2. The normalized spacial score (nSPS) is 21.1. The zero-order valence-corrected chi connectivity index (χ0v) is 17.2. The highest BCUT2D eigenvalue weighted by Crippen LogP contribution is 2.41. The summed E-state index contributed by atoms with van der Waals surface area (Å²) in [5.41, 5.74) is 1.61. The molecule has 1 unspecified atom stereocenters. The minimum absolute atomic E-state index is 0.0286. The molecule has 1 saturated heterocycles. The number of fused-ring (bicyclic) bond motifs is 1. The smallest absolute Gasteiger partial charge is 0.352 e. The molecule has 0 aliphatic carbocycles. The van der Waals surface area contributed by atoms with Crippen LogP contribution in [0.15, 0.2) is 34.5 Å². The number of rotatable bonds is 7. The lowest BCUT2D eigenvalue weighted by Gasteiger charge is -2.49. The summed E-state index contributed by atoms with van der Waals surface area (Å²) in [6.45, 7) is 4.35. The van der Waals surface area contributed by atoms with E-state index in [1.807, 2.05) is 32.0 Å². The molecule has 3 heterocycles. The van der Waals surface area contributed by atoms with Crippen molar-refractivity contribution in [1.82, 2.24) is 20.5 Å². The van der Waals surface area contributed by atoms with Crippen LogP contribution in [0.5, 0.6) is 0 Å². The molecule has 3 rings (SSSR count). The van der Waals surface area contributed by atoms with Gasteiger partial charge in [0.1, 0.15) is 17.1 Å². The van der Waals surface area contributed by atoms with Gasteiger partial charge in [-0.3, -0.25) is 9.69 Å². The second-order valence-corrected chi connectivity index (χ2v) is 8.55. The van der Waals surface area contributed by atoms with Crippen LogP contribution in [0.25, 0.3) is 0 Å². The summed E-state index contributed by atoms with van der Waals surface area (Å²) in [4.78, 5) is 41.9. The molecule has 8 nitrogen and oxygen atoms in total. The molecule has 2 aliphatic heterocycles. The van der Waals surface area contributed by atoms with Crippen molar-refractivity contribution in [3.63, 3.8) is 0 Å². The molecule has 28 heavy (non-hydrogen) atoms. The van der Waals surface area contributed by atoms with Gasteiger partial charge in [0, 0.05) is 23.7 Å². The van der Waals surface area contributed by atoms with Crippen molar-refractivity contribution >= 4 is 41.4 Å². The quantitative estimate of drug-likeness (QED) is 0.454. The largest absolute Gasteiger partial charge is 0.477 e. The number of pyridine rings is 1. The summed E-state index contributed by atoms with van der Waals surface area (Å²) >= 11 is 2.91. The van der Waals surface area contributed by atoms with Crippen LogP contribution in [0.2, 0.25) is 0 Å². The lowest BCUT2D eigenvalue weighted by atomic mass is 10.0. The van der Waals surface area contributed by atoms with E-state index < -0.39 is 29.3 Å². The van der Waals surface area contributed by atoms with Crippen molar-refractivity contribution in [3.05, 3.63) is 35.2 Å². The summed E-state index contributed by atoms with van der Waals surface area (Å²) in [6, 6.07) is 4.57. The minimum Gasteiger partial charge on any atom is -0.477 e. The standard InChI is InChI=1S/C18H22N4O4S2/c1-3-7-19-18(26)21-13-15(23)22-14(17(24)25)11(9-28-16(13)22)8-27-12-6-4-5-10(2)20-12/h4-6,13,16H,3,7-9H2,1-2H3,(H,24,25)(H2,19,21,26)/t13?,16-/m0/s1. The summed E-state index contributed by atoms with van der Waals surface area (Å²) < 4.78 is 0. The number of nitrogens with zero attached hydrogens (tertiary/aromatic N) is 2. The molecule has 1 fully saturated rings. The molecule has 0 aromatic carbocycles. The number of aliphatic carboxylic acids is 1. The lowest BCUT2D eigenvalue weighted by Crippen LogP contribution is -2.71. The first-order valence-electron chi connectivity index (χ1n) is 8.93. The topological polar surface area (TPSA) is 112 Å². The molecule has 0 saturated carbocycles. The SMILES string of the molecule is CCCNC(=O)NC1C(=O)N2C(C(=O)O)=C(CSc3cccc(C)n3)CS[C@@H]12. The van der Waals surface area contributed by atoms with Gasteiger partial charge >= 0.3 is 12.0 Å². The van der Waals surface area contributed by atoms with Gasteiger partial charge in [0.2, 0.25) is 0 Å². The van der Waals surface area contributed by atoms with Crippen LogP contribution in [-0.2, 0) is 9.59 Å². The molecular weight excluding hydrogens is 400 g/mol. The zero-order valence-electron chi connectivity index (χ0n) is 15.6. The molecule has 0 spiro atoms. The van der Waals surface area contributed by atoms with Crippen LogP contribution in [0.4, 0.5) is 4.79 Å². The Morgan fingerprint density at radius 1 is 1.43 bits per heavy atom. The number of β-lactam (4-membered cyclic amide) rings is 1. The Kier molecular flexibility index (Phi) is 6.50. The number of hydrogen-bond donors (Lipinski definition) is 3. The fourth-order valence-electron chi connectivity index (χ4n) is 2.98. The highest BCUT2D eigenvalue weighted by molar-refractivity contribution is 8.01. The number of amides is 3. The number of aryl methyl sites for hydroxylation is 1. The van der Waals surface area contributed by atoms with Gasteiger partial charge in [-0.05, 0) is 31.1 Å². The number of urea groups is 1. The van der Waals surface area contributed by atoms with Gasteiger partial charge < -0.3 is 15.7 Å². The van der Waals surface area contributed by atoms with Crippen molar-refractivity contribution < 1.29 is 19.5 Å². The van der Waals surface area contributed by atoms with Crippen LogP contribution in [0, 0.1) is 6.92 Å². The Bertz CT molecular complexity index is 830. The Balaban J connectivity index is 1.70. The fraction of sp³-hybridized carbons (Fsp3) is 0.444. The molecule has 2 aliphatic rings. The van der Waals surface area contributed by atoms with Gasteiger partial charge in [0.25, 0.3) is 5.91 Å². The Labute approximate surface area is 171 Å². The van der Waals surface area contributed by atoms with E-state index in [0.717, 1.165) is 17.1 Å². The second-order valence-electron chi connectivity index (χ2n) is 6.45. The number of carbonyl (C=O) groups excluding carboxylic acids is 2. The molecule has 3 amide bonds. The lowest BCUT2D eigenvalue weighted by molar-refractivity contribution is -0.148. The second kappa shape index (κ2) is 8.87. The first kappa shape index (κ1) is 20.5. The number of hydrogen-bond acceptors (Lipinski definition) is 6. The maximum absolute atomic E-state index is 12.5. The molecule has 150 valence electrons. The average molecular weight is 423 g/mol. The predicted octanol–water partition coefficient (Wildman–Crippen LogP) is 1.81. The molecule has 10 heteroatoms. The van der Waals surface area contributed by atoms with Crippen LogP contribution < -0.4 is 10.6 Å². The first-order valence-corrected chi connectivity index (χ1v) is 11.0. The molecule has 1 aromatic rings. The third-order valence-electron chi connectivity index (χ3n) is 4.33. The number of carboxylic acid groups (broad SMARTS) is 1. The number of carbonyl (C=O) groups is 3. The highest BCUT2D eigenvalue weighted by Gasteiger charge is 2.54. The number of carboxylic acids is 1. The molecule has 2 atom stereocenters. The van der Waals surface area contributed by atoms with Gasteiger partial charge in [0.15, 0.2) is 0 Å². The highest BCUT2D eigenvalue weighted by atomic mass is 32.2. The van der Waals surface area contributed by atoms with E-state index in [-0.39, 0.29) is 5.70 Å². The first-order chi connectivity index (χ1) is 13.4. The summed E-state index contributed by atoms with van der Waals surface area (Å²) in [5.74, 6) is -0.585. The number of nitrogens with one attached hydrogen (secondary N) is 2. The molecule has 3 N–H and O–H groups in total. The summed E-state index contributed by atoms with van der Waals surface area (Å²) in [6.07, 6.45) is 0.791. The van der Waals surface area contributed by atoms with E-state index in [9.17, 15) is 19.5 Å². The van der Waals surface area contributed by atoms with Gasteiger partial charge in [-0.15, -0.1) is 23.5 Å². The van der Waals surface area contributed by atoms with E-state index in [0.29, 0.717) is 23.6 Å². The van der Waals surface area contributed by atoms with E-state index in [1.165, 1.54) is 28.4 Å². The van der Waals surface area contributed by atoms with E-state index in [4.69, 9.17) is 0 Å². The third-order valence-corrected chi connectivity index (χ3v) is 6.68. The van der Waals surface area contributed by atoms with Gasteiger partial charge in [-0.1, -0.05) is 13.0 Å². The molecule has 0 radical (unpaired) electrons. The van der Waals surface area contributed by atoms with Crippen molar-refractivity contribution in [2.45, 2.75) is 36.7 Å². The number of thioether (sulfide) groups is 2. The van der Waals surface area contributed by atoms with E-state index >= 15 is 0 Å². The van der Waals surface area contributed by atoms with Gasteiger partial charge in [-0.25, -0.2) is 14.6 Å². The fourth-order valence-corrected chi connectivity index (χ4v) is 5.40. The van der Waals surface area contributed by atoms with Crippen molar-refractivity contribution in [3.8, 4) is 0 Å². The zero-order chi connectivity index (χ0) is 20.3. The Morgan fingerprint density at radius 2 is 2.21 bits per heavy atom. The van der Waals surface area contributed by atoms with Crippen molar-refractivity contribution in [2.24, 2.45) is 0 Å². The van der Waals surface area contributed by atoms with E-state index in [1.54, 1.807) is 0 Å². The average Bonchev–Trinajstić information content (AvgIpc) is 2.67. The van der Waals surface area contributed by atoms with Crippen LogP contribution in [0.1, 0.15) is 19.0 Å². The molecule has 0 bridgehead atoms. The van der Waals surface area contributed by atoms with Crippen LogP contribution in [0.3, 0.4) is 0 Å².